The first-order chi connectivity index (χ1) is 11.5. The number of halogens is 1. The molecule has 0 unspecified atom stereocenters. The zero-order valence-electron chi connectivity index (χ0n) is 13.5. The lowest BCUT2D eigenvalue weighted by atomic mass is 10.2. The van der Waals surface area contributed by atoms with Gasteiger partial charge in [0.25, 0.3) is 5.91 Å². The summed E-state index contributed by atoms with van der Waals surface area (Å²) in [6.45, 7) is 0.194. The van der Waals surface area contributed by atoms with E-state index in [9.17, 15) is 9.59 Å². The van der Waals surface area contributed by atoms with Gasteiger partial charge in [-0.25, -0.2) is 4.79 Å². The summed E-state index contributed by atoms with van der Waals surface area (Å²) >= 11 is 4.96. The number of amides is 1. The van der Waals surface area contributed by atoms with Crippen LogP contribution in [0.5, 0.6) is 0 Å². The molecule has 0 atom stereocenters. The Hall–Kier alpha value is -1.79. The van der Waals surface area contributed by atoms with Crippen LogP contribution in [-0.2, 0) is 16.1 Å². The molecular weight excluding hydrogens is 390 g/mol. The van der Waals surface area contributed by atoms with Crippen LogP contribution in [0.1, 0.15) is 15.9 Å². The van der Waals surface area contributed by atoms with E-state index in [0.717, 1.165) is 5.56 Å². The van der Waals surface area contributed by atoms with Gasteiger partial charge in [-0.2, -0.15) is 0 Å². The topological polar surface area (TPSA) is 46.6 Å². The van der Waals surface area contributed by atoms with E-state index in [4.69, 9.17) is 4.74 Å². The number of ether oxygens (including phenoxy) is 1. The van der Waals surface area contributed by atoms with Gasteiger partial charge in [-0.15, -0.1) is 11.8 Å². The zero-order chi connectivity index (χ0) is 17.5. The molecule has 2 aromatic carbocycles. The van der Waals surface area contributed by atoms with Crippen molar-refractivity contribution in [2.24, 2.45) is 0 Å². The highest BCUT2D eigenvalue weighted by Gasteiger charge is 2.15. The minimum Gasteiger partial charge on any atom is -0.452 e. The van der Waals surface area contributed by atoms with Gasteiger partial charge in [0.05, 0.1) is 5.56 Å². The second-order valence-electron chi connectivity index (χ2n) is 5.15. The summed E-state index contributed by atoms with van der Waals surface area (Å²) in [6.07, 6.45) is 2.02. The second kappa shape index (κ2) is 8.89. The Bertz CT molecular complexity index is 718. The molecule has 0 bridgehead atoms. The van der Waals surface area contributed by atoms with E-state index in [2.05, 4.69) is 15.9 Å². The van der Waals surface area contributed by atoms with E-state index in [1.165, 1.54) is 4.90 Å². The van der Waals surface area contributed by atoms with Gasteiger partial charge < -0.3 is 9.64 Å². The number of hydrogen-bond acceptors (Lipinski definition) is 4. The highest BCUT2D eigenvalue weighted by atomic mass is 79.9. The highest BCUT2D eigenvalue weighted by molar-refractivity contribution is 9.10. The Morgan fingerprint density at radius 1 is 1.12 bits per heavy atom. The van der Waals surface area contributed by atoms with Gasteiger partial charge in [0.1, 0.15) is 0 Å². The summed E-state index contributed by atoms with van der Waals surface area (Å²) in [4.78, 5) is 26.8. The van der Waals surface area contributed by atoms with E-state index >= 15 is 0 Å². The molecule has 0 N–H and O–H groups in total. The number of carbonyl (C=O) groups is 2. The Balaban J connectivity index is 1.87. The van der Waals surface area contributed by atoms with E-state index in [1.54, 1.807) is 41.9 Å². The number of carbonyl (C=O) groups excluding carboxylic acids is 2. The molecule has 0 aliphatic carbocycles. The van der Waals surface area contributed by atoms with Gasteiger partial charge in [0.15, 0.2) is 6.61 Å². The fourth-order valence-electron chi connectivity index (χ4n) is 2.03. The van der Waals surface area contributed by atoms with Gasteiger partial charge in [-0.05, 0) is 52.0 Å². The second-order valence-corrected chi connectivity index (χ2v) is 6.89. The third-order valence-electron chi connectivity index (χ3n) is 3.43. The molecule has 2 aromatic rings. The maximum atomic E-state index is 12.1. The maximum absolute atomic E-state index is 12.1. The minimum absolute atomic E-state index is 0.246. The molecule has 126 valence electrons. The molecule has 0 saturated carbocycles. The van der Waals surface area contributed by atoms with Crippen molar-refractivity contribution >= 4 is 39.6 Å². The van der Waals surface area contributed by atoms with Crippen molar-refractivity contribution in [3.05, 3.63) is 64.1 Å². The number of likely N-dealkylation sites (N-methyl/N-ethyl adjacent to an activating group) is 1. The molecule has 4 nitrogen and oxygen atoms in total. The third kappa shape index (κ3) is 5.11. The average molecular weight is 408 g/mol. The smallest absolute Gasteiger partial charge is 0.339 e. The third-order valence-corrected chi connectivity index (χ3v) is 4.86. The van der Waals surface area contributed by atoms with Crippen LogP contribution in [-0.4, -0.2) is 36.7 Å². The van der Waals surface area contributed by atoms with Crippen LogP contribution in [0.25, 0.3) is 0 Å². The Morgan fingerprint density at radius 2 is 1.79 bits per heavy atom. The standard InChI is InChI=1S/C18H18BrNO3S/c1-20(11-13-7-9-14(24-2)10-8-13)17(21)12-23-18(22)15-5-3-4-6-16(15)19/h3-10H,11-12H2,1-2H3. The highest BCUT2D eigenvalue weighted by Crippen LogP contribution is 2.17. The SMILES string of the molecule is CSc1ccc(CN(C)C(=O)COC(=O)c2ccccc2Br)cc1. The first-order valence-electron chi connectivity index (χ1n) is 7.30. The van der Waals surface area contributed by atoms with Crippen LogP contribution in [0.3, 0.4) is 0 Å². The normalized spacial score (nSPS) is 10.3. The van der Waals surface area contributed by atoms with Crippen molar-refractivity contribution in [2.75, 3.05) is 19.9 Å². The van der Waals surface area contributed by atoms with Crippen molar-refractivity contribution in [2.45, 2.75) is 11.4 Å². The van der Waals surface area contributed by atoms with E-state index in [-0.39, 0.29) is 12.5 Å². The van der Waals surface area contributed by atoms with E-state index in [1.807, 2.05) is 36.6 Å². The summed E-state index contributed by atoms with van der Waals surface area (Å²) in [5, 5.41) is 0. The van der Waals surface area contributed by atoms with Crippen molar-refractivity contribution in [1.82, 2.24) is 4.90 Å². The molecule has 0 radical (unpaired) electrons. The summed E-state index contributed by atoms with van der Waals surface area (Å²) in [5.41, 5.74) is 1.43. The Labute approximate surface area is 154 Å². The maximum Gasteiger partial charge on any atom is 0.339 e. The van der Waals surface area contributed by atoms with Gasteiger partial charge in [-0.3, -0.25) is 4.79 Å². The number of benzene rings is 2. The molecule has 0 fully saturated rings. The lowest BCUT2D eigenvalue weighted by Crippen LogP contribution is -2.30. The van der Waals surface area contributed by atoms with Gasteiger partial charge in [-0.1, -0.05) is 24.3 Å². The summed E-state index contributed by atoms with van der Waals surface area (Å²) < 4.78 is 5.75. The summed E-state index contributed by atoms with van der Waals surface area (Å²) in [5.74, 6) is -0.766. The van der Waals surface area contributed by atoms with Crippen molar-refractivity contribution in [3.8, 4) is 0 Å². The Kier molecular flexibility index (Phi) is 6.87. The molecule has 6 heteroatoms. The lowest BCUT2D eigenvalue weighted by Gasteiger charge is -2.17. The van der Waals surface area contributed by atoms with Gasteiger partial charge in [0.2, 0.25) is 0 Å². The van der Waals surface area contributed by atoms with E-state index < -0.39 is 5.97 Å². The molecule has 0 spiro atoms. The summed E-state index contributed by atoms with van der Waals surface area (Å²) in [6, 6.07) is 15.0. The van der Waals surface area contributed by atoms with Crippen LogP contribution in [0.4, 0.5) is 0 Å². The first-order valence-corrected chi connectivity index (χ1v) is 9.31. The minimum atomic E-state index is -0.520. The average Bonchev–Trinajstić information content (AvgIpc) is 2.60. The van der Waals surface area contributed by atoms with Crippen LogP contribution < -0.4 is 0 Å². The molecule has 0 aromatic heterocycles. The van der Waals surface area contributed by atoms with E-state index in [0.29, 0.717) is 16.6 Å². The molecular formula is C18H18BrNO3S. The van der Waals surface area contributed by atoms with Crippen molar-refractivity contribution in [1.29, 1.82) is 0 Å². The lowest BCUT2D eigenvalue weighted by molar-refractivity contribution is -0.133. The van der Waals surface area contributed by atoms with Crippen LogP contribution in [0.2, 0.25) is 0 Å². The quantitative estimate of drug-likeness (QED) is 0.536. The molecule has 0 heterocycles. The first kappa shape index (κ1) is 18.5. The predicted molar refractivity (Wildman–Crippen MR) is 99.1 cm³/mol. The van der Waals surface area contributed by atoms with Gasteiger partial charge >= 0.3 is 5.97 Å². The predicted octanol–water partition coefficient (Wildman–Crippen LogP) is 3.99. The number of esters is 1. The monoisotopic (exact) mass is 407 g/mol. The fourth-order valence-corrected chi connectivity index (χ4v) is 2.89. The molecule has 0 saturated heterocycles. The number of thioether (sulfide) groups is 1. The largest absolute Gasteiger partial charge is 0.452 e. The molecule has 1 amide bonds. The van der Waals surface area contributed by atoms with Crippen LogP contribution in [0.15, 0.2) is 57.9 Å². The number of hydrogen-bond donors (Lipinski definition) is 0. The zero-order valence-corrected chi connectivity index (χ0v) is 15.9. The number of rotatable bonds is 6. The summed E-state index contributed by atoms with van der Waals surface area (Å²) in [7, 11) is 1.69. The van der Waals surface area contributed by atoms with Crippen molar-refractivity contribution < 1.29 is 14.3 Å². The van der Waals surface area contributed by atoms with Crippen LogP contribution in [0, 0.1) is 0 Å². The van der Waals surface area contributed by atoms with Crippen LogP contribution >= 0.6 is 27.7 Å². The molecule has 2 rings (SSSR count). The van der Waals surface area contributed by atoms with Gasteiger partial charge in [0, 0.05) is 23.0 Å². The number of nitrogens with zero attached hydrogens (tertiary/aromatic N) is 1. The van der Waals surface area contributed by atoms with Crippen molar-refractivity contribution in [3.63, 3.8) is 0 Å². The Morgan fingerprint density at radius 3 is 2.42 bits per heavy atom. The molecule has 0 aliphatic heterocycles. The molecule has 0 aliphatic rings. The fraction of sp³-hybridized carbons (Fsp3) is 0.222. The molecule has 24 heavy (non-hydrogen) atoms.